The van der Waals surface area contributed by atoms with Gasteiger partial charge in [-0.2, -0.15) is 0 Å². The summed E-state index contributed by atoms with van der Waals surface area (Å²) in [6, 6.07) is 5.84. The summed E-state index contributed by atoms with van der Waals surface area (Å²) in [5.41, 5.74) is 2.87. The summed E-state index contributed by atoms with van der Waals surface area (Å²) < 4.78 is 5.48. The molecule has 0 amide bonds. The van der Waals surface area contributed by atoms with Gasteiger partial charge < -0.3 is 14.8 Å². The van der Waals surface area contributed by atoms with E-state index in [1.807, 2.05) is 19.1 Å². The predicted octanol–water partition coefficient (Wildman–Crippen LogP) is 2.86. The van der Waals surface area contributed by atoms with Crippen molar-refractivity contribution < 1.29 is 9.52 Å². The molecule has 19 heavy (non-hydrogen) atoms. The van der Waals surface area contributed by atoms with Crippen molar-refractivity contribution in [1.82, 2.24) is 10.3 Å². The maximum absolute atomic E-state index is 9.80. The lowest BCUT2D eigenvalue weighted by atomic mass is 9.93. The van der Waals surface area contributed by atoms with Gasteiger partial charge in [-0.1, -0.05) is 0 Å². The molecule has 0 radical (unpaired) electrons. The molecule has 100 valence electrons. The van der Waals surface area contributed by atoms with Crippen LogP contribution in [0.15, 0.2) is 28.9 Å². The molecule has 0 saturated carbocycles. The van der Waals surface area contributed by atoms with Crippen LogP contribution in [0.25, 0.3) is 0 Å². The molecule has 4 nitrogen and oxygen atoms in total. The number of nitrogens with zero attached hydrogens (tertiary/aromatic N) is 1. The summed E-state index contributed by atoms with van der Waals surface area (Å²) in [6.07, 6.45) is 5.01. The van der Waals surface area contributed by atoms with E-state index >= 15 is 0 Å². The Morgan fingerprint density at radius 3 is 3.21 bits per heavy atom. The van der Waals surface area contributed by atoms with Gasteiger partial charge in [0.25, 0.3) is 0 Å². The van der Waals surface area contributed by atoms with E-state index in [1.165, 1.54) is 5.56 Å². The minimum absolute atomic E-state index is 0.251. The summed E-state index contributed by atoms with van der Waals surface area (Å²) in [6.45, 7) is 2.50. The van der Waals surface area contributed by atoms with E-state index < -0.39 is 0 Å². The van der Waals surface area contributed by atoms with Gasteiger partial charge in [0.1, 0.15) is 11.5 Å². The van der Waals surface area contributed by atoms with Crippen LogP contribution < -0.4 is 5.32 Å². The normalized spacial score (nSPS) is 18.3. The molecule has 0 bridgehead atoms. The molecule has 1 atom stereocenters. The molecule has 2 N–H and O–H groups in total. The molecule has 0 aromatic carbocycles. The summed E-state index contributed by atoms with van der Waals surface area (Å²) in [5.74, 6) is 1.34. The second-order valence-electron chi connectivity index (χ2n) is 5.04. The zero-order valence-corrected chi connectivity index (χ0v) is 11.0. The zero-order chi connectivity index (χ0) is 13.2. The fourth-order valence-corrected chi connectivity index (χ4v) is 2.65. The van der Waals surface area contributed by atoms with E-state index in [9.17, 15) is 5.11 Å². The molecule has 4 heteroatoms. The Morgan fingerprint density at radius 1 is 1.42 bits per heavy atom. The third-order valence-electron chi connectivity index (χ3n) is 3.66. The Bertz CT molecular complexity index is 577. The first-order chi connectivity index (χ1) is 9.24. The van der Waals surface area contributed by atoms with Gasteiger partial charge in [-0.3, -0.25) is 4.98 Å². The SMILES string of the molecule is Cc1ccc(O)c(CNC2CCCc3occc32)n1. The highest BCUT2D eigenvalue weighted by molar-refractivity contribution is 5.28. The minimum Gasteiger partial charge on any atom is -0.506 e. The lowest BCUT2D eigenvalue weighted by Gasteiger charge is -2.22. The van der Waals surface area contributed by atoms with Crippen LogP contribution >= 0.6 is 0 Å². The third kappa shape index (κ3) is 2.49. The first-order valence-corrected chi connectivity index (χ1v) is 6.69. The Labute approximate surface area is 112 Å². The highest BCUT2D eigenvalue weighted by Gasteiger charge is 2.22. The van der Waals surface area contributed by atoms with E-state index in [2.05, 4.69) is 10.3 Å². The number of aryl methyl sites for hydroxylation is 2. The van der Waals surface area contributed by atoms with Gasteiger partial charge in [0.2, 0.25) is 0 Å². The topological polar surface area (TPSA) is 58.3 Å². The molecular weight excluding hydrogens is 240 g/mol. The lowest BCUT2D eigenvalue weighted by molar-refractivity contribution is 0.403. The highest BCUT2D eigenvalue weighted by Crippen LogP contribution is 2.30. The summed E-state index contributed by atoms with van der Waals surface area (Å²) in [4.78, 5) is 4.36. The third-order valence-corrected chi connectivity index (χ3v) is 3.66. The quantitative estimate of drug-likeness (QED) is 0.888. The molecule has 2 aromatic heterocycles. The summed E-state index contributed by atoms with van der Waals surface area (Å²) in [5, 5.41) is 13.3. The molecule has 0 spiro atoms. The van der Waals surface area contributed by atoms with Crippen molar-refractivity contribution in [1.29, 1.82) is 0 Å². The zero-order valence-electron chi connectivity index (χ0n) is 11.0. The smallest absolute Gasteiger partial charge is 0.138 e. The first-order valence-electron chi connectivity index (χ1n) is 6.69. The second-order valence-corrected chi connectivity index (χ2v) is 5.04. The molecule has 0 aliphatic heterocycles. The van der Waals surface area contributed by atoms with Gasteiger partial charge >= 0.3 is 0 Å². The predicted molar refractivity (Wildman–Crippen MR) is 71.9 cm³/mol. The van der Waals surface area contributed by atoms with Gasteiger partial charge in [0.15, 0.2) is 0 Å². The van der Waals surface area contributed by atoms with Crippen molar-refractivity contribution in [3.63, 3.8) is 0 Å². The molecule has 3 rings (SSSR count). The van der Waals surface area contributed by atoms with Crippen LogP contribution in [-0.2, 0) is 13.0 Å². The maximum Gasteiger partial charge on any atom is 0.138 e. The first kappa shape index (κ1) is 12.2. The molecule has 2 aromatic rings. The van der Waals surface area contributed by atoms with Crippen molar-refractivity contribution in [3.8, 4) is 5.75 Å². The summed E-state index contributed by atoms with van der Waals surface area (Å²) in [7, 11) is 0. The Hall–Kier alpha value is -1.81. The van der Waals surface area contributed by atoms with E-state index in [-0.39, 0.29) is 5.75 Å². The minimum atomic E-state index is 0.251. The van der Waals surface area contributed by atoms with Crippen LogP contribution in [0.1, 0.15) is 41.6 Å². The number of nitrogens with one attached hydrogen (secondary N) is 1. The average molecular weight is 258 g/mol. The largest absolute Gasteiger partial charge is 0.506 e. The van der Waals surface area contributed by atoms with Crippen LogP contribution in [0, 0.1) is 6.92 Å². The Morgan fingerprint density at radius 2 is 2.32 bits per heavy atom. The van der Waals surface area contributed by atoms with Gasteiger partial charge in [-0.25, -0.2) is 0 Å². The highest BCUT2D eigenvalue weighted by atomic mass is 16.3. The van der Waals surface area contributed by atoms with Crippen molar-refractivity contribution in [2.45, 2.75) is 38.8 Å². The van der Waals surface area contributed by atoms with E-state index in [1.54, 1.807) is 12.3 Å². The Kier molecular flexibility index (Phi) is 3.25. The fourth-order valence-electron chi connectivity index (χ4n) is 2.65. The standard InChI is InChI=1S/C15H18N2O2/c1-10-5-6-14(18)13(17-10)9-16-12-3-2-4-15-11(12)7-8-19-15/h5-8,12,16,18H,2-4,9H2,1H3. The van der Waals surface area contributed by atoms with Crippen LogP contribution in [0.3, 0.4) is 0 Å². The number of aromatic nitrogens is 1. The summed E-state index contributed by atoms with van der Waals surface area (Å²) >= 11 is 0. The average Bonchev–Trinajstić information content (AvgIpc) is 2.88. The van der Waals surface area contributed by atoms with E-state index in [4.69, 9.17) is 4.42 Å². The second kappa shape index (κ2) is 5.05. The molecule has 1 unspecified atom stereocenters. The van der Waals surface area contributed by atoms with Crippen molar-refractivity contribution >= 4 is 0 Å². The maximum atomic E-state index is 9.80. The van der Waals surface area contributed by atoms with Gasteiger partial charge in [0.05, 0.1) is 12.0 Å². The van der Waals surface area contributed by atoms with Crippen LogP contribution in [0.2, 0.25) is 0 Å². The lowest BCUT2D eigenvalue weighted by Crippen LogP contribution is -2.24. The Balaban J connectivity index is 1.72. The van der Waals surface area contributed by atoms with Gasteiger partial charge in [0, 0.05) is 30.3 Å². The van der Waals surface area contributed by atoms with Crippen molar-refractivity contribution in [3.05, 3.63) is 47.2 Å². The molecular formula is C15H18N2O2. The van der Waals surface area contributed by atoms with Crippen LogP contribution in [-0.4, -0.2) is 10.1 Å². The van der Waals surface area contributed by atoms with E-state index in [0.29, 0.717) is 18.3 Å². The number of fused-ring (bicyclic) bond motifs is 1. The van der Waals surface area contributed by atoms with E-state index in [0.717, 1.165) is 30.7 Å². The van der Waals surface area contributed by atoms with Gasteiger partial charge in [-0.15, -0.1) is 0 Å². The number of hydrogen-bond donors (Lipinski definition) is 2. The van der Waals surface area contributed by atoms with Crippen LogP contribution in [0.5, 0.6) is 5.75 Å². The van der Waals surface area contributed by atoms with Crippen molar-refractivity contribution in [2.75, 3.05) is 0 Å². The molecule has 0 fully saturated rings. The number of aromatic hydroxyl groups is 1. The number of furan rings is 1. The van der Waals surface area contributed by atoms with Crippen LogP contribution in [0.4, 0.5) is 0 Å². The number of rotatable bonds is 3. The number of hydrogen-bond acceptors (Lipinski definition) is 4. The molecule has 1 aliphatic carbocycles. The monoisotopic (exact) mass is 258 g/mol. The fraction of sp³-hybridized carbons (Fsp3) is 0.400. The molecule has 2 heterocycles. The molecule has 1 aliphatic rings. The van der Waals surface area contributed by atoms with Crippen molar-refractivity contribution in [2.24, 2.45) is 0 Å². The number of pyridine rings is 1. The van der Waals surface area contributed by atoms with Gasteiger partial charge in [-0.05, 0) is 38.0 Å². The molecule has 0 saturated heterocycles.